The van der Waals surface area contributed by atoms with Crippen LogP contribution in [0.5, 0.6) is 5.75 Å². The molecular weight excluding hydrogens is 260 g/mol. The molecule has 19 heavy (non-hydrogen) atoms. The van der Waals surface area contributed by atoms with Crippen LogP contribution in [0.1, 0.15) is 32.2 Å². The van der Waals surface area contributed by atoms with Crippen LogP contribution >= 0.6 is 11.6 Å². The molecule has 0 spiro atoms. The van der Waals surface area contributed by atoms with Crippen LogP contribution in [0.25, 0.3) is 0 Å². The van der Waals surface area contributed by atoms with Crippen molar-refractivity contribution in [1.29, 1.82) is 0 Å². The second kappa shape index (κ2) is 5.57. The maximum atomic E-state index is 6.24. The van der Waals surface area contributed by atoms with Gasteiger partial charge in [-0.15, -0.1) is 0 Å². The number of halogens is 1. The number of rotatable bonds is 3. The smallest absolute Gasteiger partial charge is 0.166 e. The van der Waals surface area contributed by atoms with E-state index in [1.807, 2.05) is 18.2 Å². The number of ether oxygens (including phenoxy) is 1. The van der Waals surface area contributed by atoms with Gasteiger partial charge in [0.05, 0.1) is 5.02 Å². The maximum Gasteiger partial charge on any atom is 0.166 e. The zero-order valence-corrected chi connectivity index (χ0v) is 12.1. The van der Waals surface area contributed by atoms with Gasteiger partial charge in [-0.1, -0.05) is 38.4 Å². The quantitative estimate of drug-likeness (QED) is 0.850. The standard InChI is InChI=1S/C15H17ClN2O/c1-15(2,3)11-5-6-13(12(16)9-11)19-10-14-17-7-4-8-18-14/h4-9H,10H2,1-3H3. The van der Waals surface area contributed by atoms with Crippen molar-refractivity contribution in [2.45, 2.75) is 32.8 Å². The molecule has 0 fully saturated rings. The molecule has 0 atom stereocenters. The first kappa shape index (κ1) is 13.8. The van der Waals surface area contributed by atoms with Crippen molar-refractivity contribution >= 4 is 11.6 Å². The van der Waals surface area contributed by atoms with Crippen LogP contribution in [0.15, 0.2) is 36.7 Å². The average molecular weight is 277 g/mol. The van der Waals surface area contributed by atoms with Crippen LogP contribution in [0.3, 0.4) is 0 Å². The van der Waals surface area contributed by atoms with Gasteiger partial charge in [-0.3, -0.25) is 0 Å². The Bertz CT molecular complexity index is 550. The fourth-order valence-corrected chi connectivity index (χ4v) is 1.87. The predicted octanol–water partition coefficient (Wildman–Crippen LogP) is 4.01. The van der Waals surface area contributed by atoms with Crippen molar-refractivity contribution in [1.82, 2.24) is 9.97 Å². The monoisotopic (exact) mass is 276 g/mol. The third kappa shape index (κ3) is 3.67. The van der Waals surface area contributed by atoms with Crippen LogP contribution in [0, 0.1) is 0 Å². The molecule has 4 heteroatoms. The molecule has 0 saturated heterocycles. The van der Waals surface area contributed by atoms with E-state index in [1.165, 1.54) is 5.56 Å². The number of nitrogens with zero attached hydrogens (tertiary/aromatic N) is 2. The summed E-state index contributed by atoms with van der Waals surface area (Å²) in [6.45, 7) is 6.76. The highest BCUT2D eigenvalue weighted by Crippen LogP contribution is 2.31. The molecule has 0 aliphatic carbocycles. The summed E-state index contributed by atoms with van der Waals surface area (Å²) in [4.78, 5) is 8.20. The molecule has 1 aromatic heterocycles. The summed E-state index contributed by atoms with van der Waals surface area (Å²) in [5.74, 6) is 1.29. The van der Waals surface area contributed by atoms with Crippen LogP contribution in [0.2, 0.25) is 5.02 Å². The van der Waals surface area contributed by atoms with Gasteiger partial charge in [0.1, 0.15) is 12.4 Å². The minimum absolute atomic E-state index is 0.0741. The van der Waals surface area contributed by atoms with E-state index in [2.05, 4.69) is 30.7 Å². The molecule has 2 aromatic rings. The minimum atomic E-state index is 0.0741. The SMILES string of the molecule is CC(C)(C)c1ccc(OCc2ncccn2)c(Cl)c1. The molecule has 2 rings (SSSR count). The summed E-state index contributed by atoms with van der Waals surface area (Å²) in [6, 6.07) is 7.65. The first-order valence-electron chi connectivity index (χ1n) is 6.15. The van der Waals surface area contributed by atoms with E-state index in [4.69, 9.17) is 16.3 Å². The molecule has 0 amide bonds. The highest BCUT2D eigenvalue weighted by atomic mass is 35.5. The van der Waals surface area contributed by atoms with E-state index < -0.39 is 0 Å². The second-order valence-corrected chi connectivity index (χ2v) is 5.76. The lowest BCUT2D eigenvalue weighted by molar-refractivity contribution is 0.296. The largest absolute Gasteiger partial charge is 0.484 e. The molecule has 0 bridgehead atoms. The number of benzene rings is 1. The van der Waals surface area contributed by atoms with Gasteiger partial charge >= 0.3 is 0 Å². The summed E-state index contributed by atoms with van der Waals surface area (Å²) in [6.07, 6.45) is 3.38. The maximum absolute atomic E-state index is 6.24. The Morgan fingerprint density at radius 3 is 2.42 bits per heavy atom. The van der Waals surface area contributed by atoms with Gasteiger partial charge in [-0.25, -0.2) is 9.97 Å². The van der Waals surface area contributed by atoms with Gasteiger partial charge in [0, 0.05) is 12.4 Å². The second-order valence-electron chi connectivity index (χ2n) is 5.35. The lowest BCUT2D eigenvalue weighted by atomic mass is 9.87. The molecule has 1 aromatic carbocycles. The summed E-state index contributed by atoms with van der Waals surface area (Å²) in [5.41, 5.74) is 1.26. The molecule has 0 aliphatic rings. The summed E-state index contributed by atoms with van der Waals surface area (Å²) >= 11 is 6.24. The van der Waals surface area contributed by atoms with Gasteiger partial charge in [0.25, 0.3) is 0 Å². The summed E-state index contributed by atoms with van der Waals surface area (Å²) < 4.78 is 5.63. The van der Waals surface area contributed by atoms with Gasteiger partial charge in [0.2, 0.25) is 0 Å². The van der Waals surface area contributed by atoms with Crippen LogP contribution in [-0.2, 0) is 12.0 Å². The van der Waals surface area contributed by atoms with Crippen molar-refractivity contribution in [2.24, 2.45) is 0 Å². The highest BCUT2D eigenvalue weighted by Gasteiger charge is 2.15. The van der Waals surface area contributed by atoms with Crippen molar-refractivity contribution in [3.8, 4) is 5.75 Å². The molecular formula is C15H17ClN2O. The Morgan fingerprint density at radius 2 is 1.84 bits per heavy atom. The van der Waals surface area contributed by atoms with Crippen molar-refractivity contribution < 1.29 is 4.74 Å². The van der Waals surface area contributed by atoms with Gasteiger partial charge in [0.15, 0.2) is 5.82 Å². The fourth-order valence-electron chi connectivity index (χ4n) is 1.63. The van der Waals surface area contributed by atoms with Crippen LogP contribution in [0.4, 0.5) is 0 Å². The predicted molar refractivity (Wildman–Crippen MR) is 76.5 cm³/mol. The number of hydrogen-bond acceptors (Lipinski definition) is 3. The molecule has 0 N–H and O–H groups in total. The summed E-state index contributed by atoms with van der Waals surface area (Å²) in [5, 5.41) is 0.614. The summed E-state index contributed by atoms with van der Waals surface area (Å²) in [7, 11) is 0. The fraction of sp³-hybridized carbons (Fsp3) is 0.333. The van der Waals surface area contributed by atoms with Crippen molar-refractivity contribution in [2.75, 3.05) is 0 Å². The zero-order valence-electron chi connectivity index (χ0n) is 11.4. The van der Waals surface area contributed by atoms with Crippen molar-refractivity contribution in [3.05, 3.63) is 53.1 Å². The topological polar surface area (TPSA) is 35.0 Å². The Hall–Kier alpha value is -1.61. The Morgan fingerprint density at radius 1 is 1.16 bits per heavy atom. The molecule has 3 nitrogen and oxygen atoms in total. The lowest BCUT2D eigenvalue weighted by Gasteiger charge is -2.20. The van der Waals surface area contributed by atoms with Crippen LogP contribution < -0.4 is 4.74 Å². The van der Waals surface area contributed by atoms with E-state index in [9.17, 15) is 0 Å². The van der Waals surface area contributed by atoms with Gasteiger partial charge < -0.3 is 4.74 Å². The molecule has 0 aliphatic heterocycles. The molecule has 0 radical (unpaired) electrons. The van der Waals surface area contributed by atoms with Gasteiger partial charge in [-0.05, 0) is 29.2 Å². The Balaban J connectivity index is 2.10. The first-order chi connectivity index (χ1) is 8.97. The average Bonchev–Trinajstić information content (AvgIpc) is 2.37. The van der Waals surface area contributed by atoms with E-state index in [1.54, 1.807) is 18.5 Å². The molecule has 100 valence electrons. The molecule has 1 heterocycles. The normalized spacial score (nSPS) is 11.4. The Labute approximate surface area is 118 Å². The third-order valence-electron chi connectivity index (χ3n) is 2.77. The van der Waals surface area contributed by atoms with E-state index in [0.29, 0.717) is 23.2 Å². The number of aromatic nitrogens is 2. The van der Waals surface area contributed by atoms with Gasteiger partial charge in [-0.2, -0.15) is 0 Å². The van der Waals surface area contributed by atoms with Crippen molar-refractivity contribution in [3.63, 3.8) is 0 Å². The minimum Gasteiger partial charge on any atom is -0.484 e. The van der Waals surface area contributed by atoms with E-state index in [-0.39, 0.29) is 5.41 Å². The highest BCUT2D eigenvalue weighted by molar-refractivity contribution is 6.32. The first-order valence-corrected chi connectivity index (χ1v) is 6.53. The van der Waals surface area contributed by atoms with Crippen LogP contribution in [-0.4, -0.2) is 9.97 Å². The van der Waals surface area contributed by atoms with E-state index in [0.717, 1.165) is 0 Å². The third-order valence-corrected chi connectivity index (χ3v) is 3.07. The number of hydrogen-bond donors (Lipinski definition) is 0. The molecule has 0 saturated carbocycles. The zero-order chi connectivity index (χ0) is 13.9. The lowest BCUT2D eigenvalue weighted by Crippen LogP contribution is -2.11. The van der Waals surface area contributed by atoms with E-state index >= 15 is 0 Å². The Kier molecular flexibility index (Phi) is 4.05. The molecule has 0 unspecified atom stereocenters.